The summed E-state index contributed by atoms with van der Waals surface area (Å²) >= 11 is 7.44. The van der Waals surface area contributed by atoms with Crippen LogP contribution < -0.4 is 10.9 Å². The third-order valence-electron chi connectivity index (χ3n) is 6.31. The van der Waals surface area contributed by atoms with Crippen molar-refractivity contribution in [2.24, 2.45) is 0 Å². The number of nitrogens with one attached hydrogen (secondary N) is 2. The monoisotopic (exact) mass is 574 g/mol. The fraction of sp³-hybridized carbons (Fsp3) is 0.138. The van der Waals surface area contributed by atoms with Crippen LogP contribution in [0.5, 0.6) is 0 Å². The second-order valence-electron chi connectivity index (χ2n) is 8.83. The Morgan fingerprint density at radius 2 is 1.77 bits per heavy atom. The number of nitro benzene ring substituents is 1. The van der Waals surface area contributed by atoms with Crippen LogP contribution in [-0.4, -0.2) is 27.5 Å². The van der Waals surface area contributed by atoms with Gasteiger partial charge < -0.3 is 15.0 Å². The topological polar surface area (TPSA) is 127 Å². The molecule has 1 aliphatic heterocycles. The molecule has 0 saturated heterocycles. The molecule has 2 heterocycles. The minimum Gasteiger partial charge on any atom is -0.463 e. The van der Waals surface area contributed by atoms with E-state index in [1.165, 1.54) is 23.9 Å². The number of thioether (sulfide) groups is 1. The predicted molar refractivity (Wildman–Crippen MR) is 154 cm³/mol. The summed E-state index contributed by atoms with van der Waals surface area (Å²) < 4.78 is 5.46. The molecule has 0 fully saturated rings. The van der Waals surface area contributed by atoms with Gasteiger partial charge in [0.05, 0.1) is 34.3 Å². The zero-order valence-corrected chi connectivity index (χ0v) is 22.8. The molecule has 5 rings (SSSR count). The highest BCUT2D eigenvalue weighted by Crippen LogP contribution is 2.43. The summed E-state index contributed by atoms with van der Waals surface area (Å²) in [5.74, 6) is -0.569. The SMILES string of the molecule is CCOC(=O)C1=C(c2ccccc2)Nc2nc(SCc3ccc([N+](=O)[O-])cc3)[nH]c(=O)c2C1c1ccc(Cl)cc1. The first kappa shape index (κ1) is 27.2. The Hall–Kier alpha value is -4.41. The van der Waals surface area contributed by atoms with E-state index in [1.807, 2.05) is 30.3 Å². The molecule has 1 atom stereocenters. The van der Waals surface area contributed by atoms with Crippen molar-refractivity contribution in [3.8, 4) is 0 Å². The van der Waals surface area contributed by atoms with Gasteiger partial charge in [0.15, 0.2) is 5.16 Å². The standard InChI is InChI=1S/C29H23ClN4O5S/c1-2-39-28(36)23-22(18-10-12-20(30)13-11-18)24-26(31-25(23)19-6-4-3-5-7-19)32-29(33-27(24)35)40-16-17-8-14-21(15-9-17)34(37)38/h3-15,22H,2,16H2,1H3,(H2,31,32,33,35). The van der Waals surface area contributed by atoms with Gasteiger partial charge in [-0.15, -0.1) is 0 Å². The summed E-state index contributed by atoms with van der Waals surface area (Å²) in [4.78, 5) is 45.1. The van der Waals surface area contributed by atoms with E-state index < -0.39 is 22.4 Å². The largest absolute Gasteiger partial charge is 0.463 e. The second-order valence-corrected chi connectivity index (χ2v) is 10.2. The number of halogens is 1. The molecular formula is C29H23ClN4O5S. The molecule has 0 spiro atoms. The molecule has 0 amide bonds. The summed E-state index contributed by atoms with van der Waals surface area (Å²) in [6.45, 7) is 1.89. The molecule has 2 N–H and O–H groups in total. The van der Waals surface area contributed by atoms with Gasteiger partial charge in [-0.05, 0) is 35.7 Å². The first-order chi connectivity index (χ1) is 19.4. The maximum atomic E-state index is 13.6. The fourth-order valence-electron chi connectivity index (χ4n) is 4.48. The van der Waals surface area contributed by atoms with Crippen molar-refractivity contribution in [1.29, 1.82) is 0 Å². The van der Waals surface area contributed by atoms with Gasteiger partial charge in [0, 0.05) is 22.9 Å². The number of esters is 1. The minimum atomic E-state index is -0.771. The number of H-pyrrole nitrogens is 1. The number of ether oxygens (including phenoxy) is 1. The van der Waals surface area contributed by atoms with Crippen LogP contribution in [0, 0.1) is 10.1 Å². The molecule has 1 unspecified atom stereocenters. The van der Waals surface area contributed by atoms with Gasteiger partial charge in [-0.25, -0.2) is 9.78 Å². The van der Waals surface area contributed by atoms with Gasteiger partial charge >= 0.3 is 5.97 Å². The van der Waals surface area contributed by atoms with Crippen LogP contribution in [0.15, 0.2) is 94.4 Å². The number of hydrogen-bond acceptors (Lipinski definition) is 8. The van der Waals surface area contributed by atoms with Gasteiger partial charge in [0.2, 0.25) is 0 Å². The molecule has 1 aromatic heterocycles. The number of anilines is 1. The molecule has 3 aromatic carbocycles. The van der Waals surface area contributed by atoms with E-state index in [0.717, 1.165) is 11.1 Å². The Bertz CT molecular complexity index is 1660. The molecule has 202 valence electrons. The maximum Gasteiger partial charge on any atom is 0.337 e. The molecule has 9 nitrogen and oxygen atoms in total. The van der Waals surface area contributed by atoms with Gasteiger partial charge in [-0.3, -0.25) is 14.9 Å². The van der Waals surface area contributed by atoms with Crippen LogP contribution in [-0.2, 0) is 15.3 Å². The van der Waals surface area contributed by atoms with Gasteiger partial charge in [0.1, 0.15) is 5.82 Å². The lowest BCUT2D eigenvalue weighted by molar-refractivity contribution is -0.384. The number of fused-ring (bicyclic) bond motifs is 1. The van der Waals surface area contributed by atoms with Crippen molar-refractivity contribution in [2.45, 2.75) is 23.8 Å². The highest BCUT2D eigenvalue weighted by atomic mass is 35.5. The maximum absolute atomic E-state index is 13.6. The van der Waals surface area contributed by atoms with Crippen LogP contribution in [0.2, 0.25) is 5.02 Å². The number of rotatable bonds is 8. The van der Waals surface area contributed by atoms with E-state index in [9.17, 15) is 19.7 Å². The van der Waals surface area contributed by atoms with Crippen LogP contribution in [0.4, 0.5) is 11.5 Å². The van der Waals surface area contributed by atoms with Gasteiger partial charge in [0.25, 0.3) is 11.2 Å². The lowest BCUT2D eigenvalue weighted by atomic mass is 9.81. The smallest absolute Gasteiger partial charge is 0.337 e. The van der Waals surface area contributed by atoms with Crippen molar-refractivity contribution in [1.82, 2.24) is 9.97 Å². The fourth-order valence-corrected chi connectivity index (χ4v) is 5.43. The Balaban J connectivity index is 1.60. The summed E-state index contributed by atoms with van der Waals surface area (Å²) in [5.41, 5.74) is 2.92. The molecular weight excluding hydrogens is 552 g/mol. The lowest BCUT2D eigenvalue weighted by Gasteiger charge is -2.30. The summed E-state index contributed by atoms with van der Waals surface area (Å²) in [5, 5.41) is 15.1. The van der Waals surface area contributed by atoms with Crippen molar-refractivity contribution in [2.75, 3.05) is 11.9 Å². The Labute approximate surface area is 238 Å². The number of carbonyl (C=O) groups excluding carboxylic acids is 1. The molecule has 4 aromatic rings. The summed E-state index contributed by atoms with van der Waals surface area (Å²) in [6, 6.07) is 22.5. The van der Waals surface area contributed by atoms with Crippen LogP contribution in [0.25, 0.3) is 5.70 Å². The van der Waals surface area contributed by atoms with Crippen molar-refractivity contribution >= 4 is 46.5 Å². The molecule has 40 heavy (non-hydrogen) atoms. The predicted octanol–water partition coefficient (Wildman–Crippen LogP) is 6.16. The normalized spacial score (nSPS) is 14.3. The Kier molecular flexibility index (Phi) is 7.99. The third kappa shape index (κ3) is 5.63. The average Bonchev–Trinajstić information content (AvgIpc) is 2.96. The van der Waals surface area contributed by atoms with Crippen LogP contribution in [0.3, 0.4) is 0 Å². The number of aromatic nitrogens is 2. The molecule has 1 aliphatic rings. The van der Waals surface area contributed by atoms with Crippen molar-refractivity contribution in [3.05, 3.63) is 132 Å². The third-order valence-corrected chi connectivity index (χ3v) is 7.50. The number of benzene rings is 3. The Morgan fingerprint density at radius 3 is 2.42 bits per heavy atom. The van der Waals surface area contributed by atoms with Crippen molar-refractivity contribution < 1.29 is 14.5 Å². The number of hydrogen-bond donors (Lipinski definition) is 2. The van der Waals surface area contributed by atoms with Crippen LogP contribution in [0.1, 0.15) is 35.1 Å². The highest BCUT2D eigenvalue weighted by molar-refractivity contribution is 7.98. The number of aromatic amines is 1. The lowest BCUT2D eigenvalue weighted by Crippen LogP contribution is -2.31. The summed E-state index contributed by atoms with van der Waals surface area (Å²) in [7, 11) is 0. The van der Waals surface area contributed by atoms with Crippen LogP contribution >= 0.6 is 23.4 Å². The summed E-state index contributed by atoms with van der Waals surface area (Å²) in [6.07, 6.45) is 0. The number of nitrogens with zero attached hydrogens (tertiary/aromatic N) is 2. The Morgan fingerprint density at radius 1 is 1.07 bits per heavy atom. The first-order valence-electron chi connectivity index (χ1n) is 12.3. The zero-order chi connectivity index (χ0) is 28.2. The molecule has 0 aliphatic carbocycles. The zero-order valence-electron chi connectivity index (χ0n) is 21.2. The van der Waals surface area contributed by atoms with E-state index >= 15 is 0 Å². The van der Waals surface area contributed by atoms with E-state index in [2.05, 4.69) is 10.3 Å². The molecule has 11 heteroatoms. The van der Waals surface area contributed by atoms with Crippen molar-refractivity contribution in [3.63, 3.8) is 0 Å². The molecule has 0 saturated carbocycles. The average molecular weight is 575 g/mol. The van der Waals surface area contributed by atoms with Gasteiger partial charge in [-0.1, -0.05) is 78.0 Å². The highest BCUT2D eigenvalue weighted by Gasteiger charge is 2.38. The van der Waals surface area contributed by atoms with E-state index in [-0.39, 0.29) is 17.9 Å². The second kappa shape index (κ2) is 11.8. The molecule has 0 radical (unpaired) electrons. The quantitative estimate of drug-likeness (QED) is 0.0842. The minimum absolute atomic E-state index is 0.00383. The number of carbonyl (C=O) groups is 1. The van der Waals surface area contributed by atoms with E-state index in [1.54, 1.807) is 43.3 Å². The van der Waals surface area contributed by atoms with E-state index in [0.29, 0.717) is 38.6 Å². The van der Waals surface area contributed by atoms with E-state index in [4.69, 9.17) is 21.3 Å². The number of nitro groups is 1. The molecule has 0 bridgehead atoms. The van der Waals surface area contributed by atoms with Gasteiger partial charge in [-0.2, -0.15) is 0 Å². The first-order valence-corrected chi connectivity index (χ1v) is 13.7. The number of non-ortho nitro benzene ring substituents is 1.